The van der Waals surface area contributed by atoms with Crippen molar-refractivity contribution in [3.8, 4) is 91.5 Å². The van der Waals surface area contributed by atoms with E-state index in [0.29, 0.717) is 124 Å². The molecule has 11 aromatic rings. The van der Waals surface area contributed by atoms with Crippen LogP contribution in [0.15, 0.2) is 170 Å². The Morgan fingerprint density at radius 1 is 0.240 bits per heavy atom. The van der Waals surface area contributed by atoms with Gasteiger partial charge in [0.2, 0.25) is 0 Å². The molecular weight excluding hydrogens is 1210 g/mol. The summed E-state index contributed by atoms with van der Waals surface area (Å²) in [4.78, 5) is 39.1. The quantitative estimate of drug-likeness (QED) is 0.0430. The van der Waals surface area contributed by atoms with Crippen molar-refractivity contribution >= 4 is 66.9 Å². The summed E-state index contributed by atoms with van der Waals surface area (Å²) in [6, 6.07) is 55.9. The summed E-state index contributed by atoms with van der Waals surface area (Å²) >= 11 is 0. The van der Waals surface area contributed by atoms with Gasteiger partial charge in [-0.05, 0) is 121 Å². The fourth-order valence-corrected chi connectivity index (χ4v) is 11.3. The minimum atomic E-state index is 0.285. The number of nitrogens with zero attached hydrogens (tertiary/aromatic N) is 10. The van der Waals surface area contributed by atoms with E-state index < -0.39 is 0 Å². The molecule has 0 radical (unpaired) electrons. The summed E-state index contributed by atoms with van der Waals surface area (Å²) in [5.41, 5.74) is 9.42. The maximum atomic E-state index is 6.42. The predicted octanol–water partition coefficient (Wildman–Crippen LogP) is 13.5. The van der Waals surface area contributed by atoms with Crippen molar-refractivity contribution in [2.45, 2.75) is 0 Å². The Balaban J connectivity index is 0.897. The molecule has 2 N–H and O–H groups in total. The molecule has 3 aromatic heterocycles. The minimum Gasteiger partial charge on any atom is -0.490 e. The number of H-pyrrole nitrogens is 2. The first-order chi connectivity index (χ1) is 46.0. The standard InChI is InChI=1S/C76H82N12O8/c1-85(2,3)49-17-13-21-53(41-49)89-33-37-93-57-25-29-61-65(45-57)73-77-69(61)82-74-67-47-59(95-39-35-91-55-23-15-19-51(43-55)87(7,8)9)27-31-63(67)71(79-74)84-76-68-48-60(96-40-36-92-56-24-16-20-52(44-56)88(10,11)12)28-32-64(68)72(80-76)83-75-66-46-58(26-30-62(66)70(78-75)81-73)94-38-34-90-54-22-14-18-50(42-54)86(4,5)6/h13-32,41-48H,33-40H2,1-12H3,(H2,77,78,79,80,81,82,83,84)/q+4. The number of ether oxygens (including phenoxy) is 8. The van der Waals surface area contributed by atoms with E-state index in [1.807, 2.05) is 121 Å². The van der Waals surface area contributed by atoms with Crippen LogP contribution >= 0.6 is 0 Å². The molecule has 0 saturated heterocycles. The fourth-order valence-electron chi connectivity index (χ4n) is 11.3. The van der Waals surface area contributed by atoms with Crippen LogP contribution in [0.5, 0.6) is 46.0 Å². The van der Waals surface area contributed by atoms with Crippen LogP contribution in [0.3, 0.4) is 0 Å². The van der Waals surface area contributed by atoms with Gasteiger partial charge in [-0.3, -0.25) is 17.9 Å². The molecule has 0 aliphatic carbocycles. The van der Waals surface area contributed by atoms with Gasteiger partial charge in [-0.15, -0.1) is 0 Å². The number of rotatable bonds is 24. The molecule has 2 aliphatic heterocycles. The highest BCUT2D eigenvalue weighted by Crippen LogP contribution is 2.41. The van der Waals surface area contributed by atoms with Gasteiger partial charge in [0.25, 0.3) is 0 Å². The van der Waals surface area contributed by atoms with E-state index in [1.165, 1.54) is 0 Å². The molecule has 0 amide bonds. The molecule has 490 valence electrons. The SMILES string of the molecule is C[N+](C)(C)c1cccc(OCCOc2ccc3c(c2)-c2nc-3nc3[nH]c(nc4nc(nc5[nH]c(n2)c2ccc(OCCOc6cccc([N+](C)(C)C)c6)cc52)-c2ccc(OCCOc5cccc([N+](C)(C)C)c5)cc2-4)c2ccc(OCCOc4cccc([N+](C)(C)C)c4)cc32)c1. The van der Waals surface area contributed by atoms with Crippen LogP contribution < -0.4 is 55.8 Å². The third-order valence-electron chi connectivity index (χ3n) is 16.6. The molecule has 0 atom stereocenters. The van der Waals surface area contributed by atoms with Crippen LogP contribution in [0.2, 0.25) is 0 Å². The second kappa shape index (κ2) is 26.3. The third-order valence-corrected chi connectivity index (χ3v) is 16.6. The molecule has 20 nitrogen and oxygen atoms in total. The summed E-state index contributed by atoms with van der Waals surface area (Å²) in [5, 5.41) is 3.02. The van der Waals surface area contributed by atoms with Crippen molar-refractivity contribution in [1.29, 1.82) is 0 Å². The van der Waals surface area contributed by atoms with Gasteiger partial charge in [-0.25, -0.2) is 29.9 Å². The van der Waals surface area contributed by atoms with Crippen LogP contribution in [0.25, 0.3) is 89.7 Å². The number of hydrogen-bond donors (Lipinski definition) is 2. The summed E-state index contributed by atoms with van der Waals surface area (Å²) in [5.74, 6) is 7.18. The van der Waals surface area contributed by atoms with Crippen LogP contribution in [0.4, 0.5) is 22.7 Å². The lowest BCUT2D eigenvalue weighted by molar-refractivity contribution is 0.217. The van der Waals surface area contributed by atoms with Crippen molar-refractivity contribution in [2.24, 2.45) is 0 Å². The zero-order chi connectivity index (χ0) is 66.9. The first-order valence-electron chi connectivity index (χ1n) is 32.1. The van der Waals surface area contributed by atoms with Gasteiger partial charge < -0.3 is 47.9 Å². The van der Waals surface area contributed by atoms with Gasteiger partial charge in [-0.1, -0.05) is 24.3 Å². The Kier molecular flexibility index (Phi) is 17.5. The number of quaternary nitrogens is 4. The smallest absolute Gasteiger partial charge is 0.164 e. The topological polar surface area (TPSA) is 183 Å². The molecule has 8 aromatic carbocycles. The number of hydrogen-bond acceptors (Lipinski definition) is 14. The zero-order valence-corrected chi connectivity index (χ0v) is 56.6. The minimum absolute atomic E-state index is 0.285. The summed E-state index contributed by atoms with van der Waals surface area (Å²) < 4.78 is 53.2. The molecule has 0 unspecified atom stereocenters. The van der Waals surface area contributed by atoms with E-state index in [0.717, 1.165) is 78.4 Å². The Labute approximate surface area is 558 Å². The lowest BCUT2D eigenvalue weighted by Crippen LogP contribution is -2.34. The van der Waals surface area contributed by atoms with E-state index in [9.17, 15) is 0 Å². The average Bonchev–Trinajstić information content (AvgIpc) is 1.60. The monoisotopic (exact) mass is 1290 g/mol. The molecular formula is C76H82N12O8+4. The first-order valence-corrected chi connectivity index (χ1v) is 32.1. The number of aromatic nitrogens is 8. The maximum Gasteiger partial charge on any atom is 0.164 e. The molecule has 5 heterocycles. The highest BCUT2D eigenvalue weighted by atomic mass is 16.5. The Hall–Kier alpha value is -10.6. The fraction of sp³-hybridized carbons (Fsp3) is 0.263. The second-order valence-electron chi connectivity index (χ2n) is 27.3. The van der Waals surface area contributed by atoms with Gasteiger partial charge in [0.05, 0.1) is 84.6 Å². The number of aromatic amines is 2. The van der Waals surface area contributed by atoms with E-state index >= 15 is 0 Å². The van der Waals surface area contributed by atoms with E-state index in [2.05, 4.69) is 143 Å². The molecule has 20 heteroatoms. The Morgan fingerprint density at radius 3 is 0.760 bits per heavy atom. The van der Waals surface area contributed by atoms with Crippen LogP contribution in [0, 0.1) is 0 Å². The second-order valence-corrected chi connectivity index (χ2v) is 27.3. The number of benzene rings is 8. The molecule has 8 bridgehead atoms. The van der Waals surface area contributed by atoms with Gasteiger partial charge in [0, 0.05) is 68.1 Å². The van der Waals surface area contributed by atoms with Crippen molar-refractivity contribution in [3.63, 3.8) is 0 Å². The van der Waals surface area contributed by atoms with Gasteiger partial charge in [0.15, 0.2) is 23.3 Å². The summed E-state index contributed by atoms with van der Waals surface area (Å²) in [7, 11) is 25.5. The first kappa shape index (κ1) is 64.1. The third kappa shape index (κ3) is 14.5. The van der Waals surface area contributed by atoms with Crippen molar-refractivity contribution in [1.82, 2.24) is 57.8 Å². The normalized spacial score (nSPS) is 12.3. The molecule has 13 rings (SSSR count). The highest BCUT2D eigenvalue weighted by molar-refractivity contribution is 6.07. The zero-order valence-electron chi connectivity index (χ0n) is 56.6. The van der Waals surface area contributed by atoms with Gasteiger partial charge >= 0.3 is 0 Å². The molecule has 96 heavy (non-hydrogen) atoms. The lowest BCUT2D eigenvalue weighted by atomic mass is 10.1. The molecule has 2 aliphatic rings. The van der Waals surface area contributed by atoms with E-state index in [-0.39, 0.29) is 26.4 Å². The van der Waals surface area contributed by atoms with Crippen LogP contribution in [0.1, 0.15) is 0 Å². The number of nitrogens with one attached hydrogen (secondary N) is 2. The average molecular weight is 1290 g/mol. The lowest BCUT2D eigenvalue weighted by Gasteiger charge is -2.23. The van der Waals surface area contributed by atoms with Crippen molar-refractivity contribution in [3.05, 3.63) is 170 Å². The predicted molar refractivity (Wildman–Crippen MR) is 384 cm³/mol. The van der Waals surface area contributed by atoms with Crippen molar-refractivity contribution in [2.75, 3.05) is 137 Å². The summed E-state index contributed by atoms with van der Waals surface area (Å²) in [6.07, 6.45) is 0. The van der Waals surface area contributed by atoms with Gasteiger partial charge in [-0.2, -0.15) is 0 Å². The van der Waals surface area contributed by atoms with E-state index in [1.54, 1.807) is 0 Å². The van der Waals surface area contributed by atoms with E-state index in [4.69, 9.17) is 67.8 Å². The molecule has 0 fully saturated rings. The highest BCUT2D eigenvalue weighted by Gasteiger charge is 2.25. The maximum absolute atomic E-state index is 6.42. The summed E-state index contributed by atoms with van der Waals surface area (Å²) in [6.45, 7) is 2.44. The largest absolute Gasteiger partial charge is 0.490 e. The Bertz CT molecular complexity index is 4580. The van der Waals surface area contributed by atoms with Crippen LogP contribution in [-0.2, 0) is 0 Å². The molecule has 0 spiro atoms. The Morgan fingerprint density at radius 2 is 0.479 bits per heavy atom. The number of fused-ring (bicyclic) bond motifs is 20. The van der Waals surface area contributed by atoms with Crippen molar-refractivity contribution < 1.29 is 37.9 Å². The van der Waals surface area contributed by atoms with Crippen LogP contribution in [-0.4, -0.2) is 177 Å². The van der Waals surface area contributed by atoms with Gasteiger partial charge in [0.1, 0.15) is 144 Å². The molecule has 0 saturated carbocycles.